The van der Waals surface area contributed by atoms with Crippen LogP contribution < -0.4 is 4.74 Å². The van der Waals surface area contributed by atoms with Gasteiger partial charge in [-0.05, 0) is 47.2 Å². The maximum atomic E-state index is 10.2. The molecular formula is C29H26N2O2S. The molecule has 0 bridgehead atoms. The molecule has 0 radical (unpaired) electrons. The molecule has 0 unspecified atom stereocenters. The van der Waals surface area contributed by atoms with E-state index in [9.17, 15) is 5.11 Å². The van der Waals surface area contributed by atoms with Gasteiger partial charge in [-0.25, -0.2) is 4.98 Å². The van der Waals surface area contributed by atoms with Gasteiger partial charge in [0.2, 0.25) is 5.88 Å². The van der Waals surface area contributed by atoms with E-state index >= 15 is 0 Å². The molecule has 1 aliphatic carbocycles. The lowest BCUT2D eigenvalue weighted by atomic mass is 9.75. The van der Waals surface area contributed by atoms with Gasteiger partial charge in [-0.2, -0.15) is 0 Å². The summed E-state index contributed by atoms with van der Waals surface area (Å²) in [6.45, 7) is 6.99. The van der Waals surface area contributed by atoms with E-state index in [4.69, 9.17) is 9.73 Å². The molecule has 1 aliphatic heterocycles. The van der Waals surface area contributed by atoms with E-state index in [1.54, 1.807) is 6.07 Å². The Morgan fingerprint density at radius 3 is 2.65 bits per heavy atom. The van der Waals surface area contributed by atoms with E-state index in [1.807, 2.05) is 54.2 Å². The summed E-state index contributed by atoms with van der Waals surface area (Å²) >= 11 is 1.91. The Kier molecular flexibility index (Phi) is 4.75. The van der Waals surface area contributed by atoms with Crippen molar-refractivity contribution in [1.29, 1.82) is 0 Å². The molecule has 0 saturated carbocycles. The Labute approximate surface area is 203 Å². The predicted octanol–water partition coefficient (Wildman–Crippen LogP) is 7.31. The van der Waals surface area contributed by atoms with Crippen molar-refractivity contribution in [2.24, 2.45) is 10.4 Å². The lowest BCUT2D eigenvalue weighted by Crippen LogP contribution is -2.41. The van der Waals surface area contributed by atoms with Crippen molar-refractivity contribution < 1.29 is 9.84 Å². The first kappa shape index (κ1) is 21.2. The quantitative estimate of drug-likeness (QED) is 0.344. The predicted molar refractivity (Wildman–Crippen MR) is 139 cm³/mol. The van der Waals surface area contributed by atoms with Crippen LogP contribution in [0, 0.1) is 5.41 Å². The number of phenols is 1. The first-order valence-corrected chi connectivity index (χ1v) is 12.4. The highest BCUT2D eigenvalue weighted by Crippen LogP contribution is 2.62. The normalized spacial score (nSPS) is 21.3. The number of para-hydroxylation sites is 1. The zero-order valence-corrected chi connectivity index (χ0v) is 20.3. The number of aromatic nitrogens is 1. The van der Waals surface area contributed by atoms with Crippen molar-refractivity contribution in [3.05, 3.63) is 95.6 Å². The number of fused-ring (bicyclic) bond motifs is 4. The number of phenolic OH excluding ortho intramolecular Hbond substituents is 1. The number of hydrogen-bond acceptors (Lipinski definition) is 5. The Hall–Kier alpha value is -3.31. The molecule has 2 aliphatic rings. The molecule has 4 nitrogen and oxygen atoms in total. The van der Waals surface area contributed by atoms with Crippen LogP contribution in [-0.4, -0.2) is 19.9 Å². The van der Waals surface area contributed by atoms with Crippen LogP contribution in [-0.2, 0) is 6.42 Å². The minimum absolute atomic E-state index is 0.000307. The van der Waals surface area contributed by atoms with Crippen LogP contribution >= 0.6 is 11.8 Å². The minimum atomic E-state index is 0.000307. The summed E-state index contributed by atoms with van der Waals surface area (Å²) in [6, 6.07) is 26.0. The fourth-order valence-corrected chi connectivity index (χ4v) is 6.69. The van der Waals surface area contributed by atoms with Crippen molar-refractivity contribution in [3.8, 4) is 17.4 Å². The van der Waals surface area contributed by atoms with Crippen LogP contribution in [0.25, 0.3) is 10.9 Å². The molecule has 6 rings (SSSR count). The third-order valence-electron chi connectivity index (χ3n) is 7.02. The first-order valence-electron chi connectivity index (χ1n) is 11.6. The Balaban J connectivity index is 1.34. The van der Waals surface area contributed by atoms with Gasteiger partial charge in [-0.1, -0.05) is 81.1 Å². The van der Waals surface area contributed by atoms with Gasteiger partial charge in [0.05, 0.1) is 15.8 Å². The Morgan fingerprint density at radius 1 is 0.971 bits per heavy atom. The highest BCUT2D eigenvalue weighted by molar-refractivity contribution is 8.16. The molecule has 5 heteroatoms. The number of rotatable bonds is 3. The molecule has 2 atom stereocenters. The zero-order chi connectivity index (χ0) is 23.5. The first-order chi connectivity index (χ1) is 16.3. The molecule has 0 spiro atoms. The topological polar surface area (TPSA) is 54.7 Å². The molecule has 2 heterocycles. The Morgan fingerprint density at radius 2 is 1.79 bits per heavy atom. The van der Waals surface area contributed by atoms with Crippen LogP contribution in [0.2, 0.25) is 0 Å². The van der Waals surface area contributed by atoms with Crippen LogP contribution in [0.1, 0.15) is 43.5 Å². The van der Waals surface area contributed by atoms with Gasteiger partial charge in [0.1, 0.15) is 17.0 Å². The zero-order valence-electron chi connectivity index (χ0n) is 19.4. The number of thioether (sulfide) groups is 1. The molecule has 4 aromatic rings. The molecule has 34 heavy (non-hydrogen) atoms. The molecule has 1 N–H and O–H groups in total. The molecule has 1 aromatic heterocycles. The van der Waals surface area contributed by atoms with Crippen molar-refractivity contribution in [1.82, 2.24) is 4.98 Å². The van der Waals surface area contributed by atoms with E-state index in [-0.39, 0.29) is 22.0 Å². The summed E-state index contributed by atoms with van der Waals surface area (Å²) < 4.78 is 6.10. The smallest absolute Gasteiger partial charge is 0.219 e. The van der Waals surface area contributed by atoms with Gasteiger partial charge >= 0.3 is 0 Å². The molecule has 170 valence electrons. The van der Waals surface area contributed by atoms with Crippen molar-refractivity contribution in [3.63, 3.8) is 0 Å². The second-order valence-corrected chi connectivity index (χ2v) is 11.4. The highest BCUT2D eigenvalue weighted by atomic mass is 32.2. The summed E-state index contributed by atoms with van der Waals surface area (Å²) in [6.07, 6.45) is 1.02. The lowest BCUT2D eigenvalue weighted by Gasteiger charge is -2.41. The number of ether oxygens (including phenoxy) is 1. The van der Waals surface area contributed by atoms with Crippen LogP contribution in [0.4, 0.5) is 0 Å². The summed E-state index contributed by atoms with van der Waals surface area (Å²) in [4.78, 5) is 9.78. The number of aliphatic imine (C=N–C) groups is 1. The van der Waals surface area contributed by atoms with Gasteiger partial charge in [0, 0.05) is 17.0 Å². The van der Waals surface area contributed by atoms with E-state index in [1.165, 1.54) is 11.1 Å². The fraction of sp³-hybridized carbons (Fsp3) is 0.241. The largest absolute Gasteiger partial charge is 0.506 e. The Bertz CT molecular complexity index is 1460. The molecule has 0 amide bonds. The third-order valence-corrected chi connectivity index (χ3v) is 8.89. The monoisotopic (exact) mass is 466 g/mol. The van der Waals surface area contributed by atoms with Gasteiger partial charge in [-0.3, -0.25) is 4.99 Å². The van der Waals surface area contributed by atoms with Gasteiger partial charge < -0.3 is 9.84 Å². The third kappa shape index (κ3) is 3.30. The van der Waals surface area contributed by atoms with Crippen LogP contribution in [0.3, 0.4) is 0 Å². The van der Waals surface area contributed by atoms with Crippen molar-refractivity contribution in [2.45, 2.75) is 38.0 Å². The summed E-state index contributed by atoms with van der Waals surface area (Å²) in [5.74, 6) is 1.29. The summed E-state index contributed by atoms with van der Waals surface area (Å²) in [7, 11) is 0. The highest BCUT2D eigenvalue weighted by Gasteiger charge is 2.57. The van der Waals surface area contributed by atoms with Gasteiger partial charge in [-0.15, -0.1) is 0 Å². The maximum absolute atomic E-state index is 10.2. The van der Waals surface area contributed by atoms with Crippen LogP contribution in [0.5, 0.6) is 17.4 Å². The number of aromatic hydroxyl groups is 1. The second kappa shape index (κ2) is 7.60. The number of pyridine rings is 1. The fourth-order valence-electron chi connectivity index (χ4n) is 5.12. The minimum Gasteiger partial charge on any atom is -0.506 e. The van der Waals surface area contributed by atoms with Gasteiger partial charge in [0.15, 0.2) is 0 Å². The van der Waals surface area contributed by atoms with Crippen molar-refractivity contribution >= 4 is 27.7 Å². The average Bonchev–Trinajstić information content (AvgIpc) is 3.35. The second-order valence-electron chi connectivity index (χ2n) is 10.1. The maximum Gasteiger partial charge on any atom is 0.219 e. The van der Waals surface area contributed by atoms with Crippen molar-refractivity contribution in [2.75, 3.05) is 0 Å². The SMILES string of the molecule is CC(C)(C)[C@@]12Cc3ccccc3[C@@H]1N=C(c1cccc(Oc3ccc4cccc(O)c4n3)c1)S2. The average molecular weight is 467 g/mol. The standard InChI is InChI=1S/C29H26N2O2S/c1-28(2,3)29-17-20-8-4-5-12-22(20)26(29)31-27(34-29)19-10-6-11-21(16-19)33-24-15-14-18-9-7-13-23(32)25(18)30-24/h4-16,26,32H,17H2,1-3H3/t26-,29+/m0/s1. The van der Waals surface area contributed by atoms with Crippen LogP contribution in [0.15, 0.2) is 83.9 Å². The number of nitrogens with zero attached hydrogens (tertiary/aromatic N) is 2. The lowest BCUT2D eigenvalue weighted by molar-refractivity contribution is 0.262. The van der Waals surface area contributed by atoms with E-state index in [0.717, 1.165) is 22.4 Å². The molecule has 0 fully saturated rings. The summed E-state index contributed by atoms with van der Waals surface area (Å²) in [5.41, 5.74) is 4.44. The van der Waals surface area contributed by atoms with Gasteiger partial charge in [0.25, 0.3) is 0 Å². The van der Waals surface area contributed by atoms with E-state index in [2.05, 4.69) is 56.1 Å². The number of benzene rings is 3. The molecule has 0 saturated heterocycles. The molecule has 3 aromatic carbocycles. The van der Waals surface area contributed by atoms with E-state index < -0.39 is 0 Å². The number of hydrogen-bond donors (Lipinski definition) is 1. The molecular weight excluding hydrogens is 440 g/mol. The van der Waals surface area contributed by atoms with E-state index in [0.29, 0.717) is 17.1 Å². The summed E-state index contributed by atoms with van der Waals surface area (Å²) in [5, 5.41) is 12.1.